The van der Waals surface area contributed by atoms with Gasteiger partial charge >= 0.3 is 0 Å². The first kappa shape index (κ1) is 22.0. The Hall–Kier alpha value is -1.65. The summed E-state index contributed by atoms with van der Waals surface area (Å²) in [4.78, 5) is 13.1. The van der Waals surface area contributed by atoms with E-state index < -0.39 is 0 Å². The van der Waals surface area contributed by atoms with E-state index >= 15 is 0 Å². The van der Waals surface area contributed by atoms with Crippen molar-refractivity contribution in [1.29, 1.82) is 0 Å². The standard InChI is InChI=1S/C21H28N6S.HI/c1-22-21(23-10-9-17-16-27-13-3-2-8-20(27)25-17)24-15-18(19-7-6-14-28-19)26-11-4-5-12-26;/h2-3,6-8,13-14,16,18H,4-5,9-12,15H2,1H3,(H2,22,23,24);1H. The first-order valence-corrected chi connectivity index (χ1v) is 10.9. The SMILES string of the molecule is CN=C(NCCc1cn2ccccc2n1)NCC(c1cccs1)N1CCCC1.I. The summed E-state index contributed by atoms with van der Waals surface area (Å²) in [5.41, 5.74) is 2.08. The van der Waals surface area contributed by atoms with Crippen molar-refractivity contribution in [3.63, 3.8) is 0 Å². The van der Waals surface area contributed by atoms with Crippen LogP contribution in [0.2, 0.25) is 0 Å². The molecule has 0 bridgehead atoms. The van der Waals surface area contributed by atoms with E-state index in [4.69, 9.17) is 0 Å². The highest BCUT2D eigenvalue weighted by Gasteiger charge is 2.24. The molecule has 0 spiro atoms. The summed E-state index contributed by atoms with van der Waals surface area (Å²) >= 11 is 1.84. The van der Waals surface area contributed by atoms with E-state index in [0.717, 1.165) is 36.8 Å². The van der Waals surface area contributed by atoms with Gasteiger partial charge in [-0.15, -0.1) is 35.3 Å². The van der Waals surface area contributed by atoms with Gasteiger partial charge in [0.15, 0.2) is 5.96 Å². The van der Waals surface area contributed by atoms with E-state index in [9.17, 15) is 0 Å². The maximum absolute atomic E-state index is 4.65. The van der Waals surface area contributed by atoms with Crippen molar-refractivity contribution in [2.75, 3.05) is 33.2 Å². The normalized spacial score (nSPS) is 16.0. The molecule has 0 amide bonds. The van der Waals surface area contributed by atoms with Crippen LogP contribution in [0, 0.1) is 0 Å². The zero-order chi connectivity index (χ0) is 19.2. The van der Waals surface area contributed by atoms with Crippen molar-refractivity contribution in [2.24, 2.45) is 4.99 Å². The fourth-order valence-electron chi connectivity index (χ4n) is 3.77. The van der Waals surface area contributed by atoms with Gasteiger partial charge in [-0.2, -0.15) is 0 Å². The van der Waals surface area contributed by atoms with Gasteiger partial charge in [0.25, 0.3) is 0 Å². The number of imidazole rings is 1. The molecule has 6 nitrogen and oxygen atoms in total. The van der Waals surface area contributed by atoms with Crippen LogP contribution in [0.3, 0.4) is 0 Å². The Kier molecular flexibility index (Phi) is 8.31. The Morgan fingerprint density at radius 1 is 1.21 bits per heavy atom. The average Bonchev–Trinajstić information content (AvgIpc) is 3.48. The van der Waals surface area contributed by atoms with Crippen LogP contribution in [0.25, 0.3) is 5.65 Å². The summed E-state index contributed by atoms with van der Waals surface area (Å²) < 4.78 is 2.06. The van der Waals surface area contributed by atoms with Crippen molar-refractivity contribution in [3.8, 4) is 0 Å². The second-order valence-electron chi connectivity index (χ2n) is 7.10. The summed E-state index contributed by atoms with van der Waals surface area (Å²) in [6, 6.07) is 10.9. The predicted octanol–water partition coefficient (Wildman–Crippen LogP) is 3.56. The smallest absolute Gasteiger partial charge is 0.191 e. The van der Waals surface area contributed by atoms with Crippen LogP contribution in [0.1, 0.15) is 29.5 Å². The first-order valence-electron chi connectivity index (χ1n) is 9.98. The Balaban J connectivity index is 0.00000240. The van der Waals surface area contributed by atoms with Crippen LogP contribution in [0.4, 0.5) is 0 Å². The number of rotatable bonds is 7. The van der Waals surface area contributed by atoms with Crippen LogP contribution >= 0.6 is 35.3 Å². The molecule has 0 aliphatic carbocycles. The van der Waals surface area contributed by atoms with Crippen LogP contribution < -0.4 is 10.6 Å². The van der Waals surface area contributed by atoms with Crippen LogP contribution in [-0.2, 0) is 6.42 Å². The monoisotopic (exact) mass is 524 g/mol. The van der Waals surface area contributed by atoms with Crippen LogP contribution in [-0.4, -0.2) is 53.5 Å². The van der Waals surface area contributed by atoms with Crippen molar-refractivity contribution in [3.05, 3.63) is 58.7 Å². The summed E-state index contributed by atoms with van der Waals surface area (Å²) in [5.74, 6) is 0.851. The third-order valence-electron chi connectivity index (χ3n) is 5.23. The van der Waals surface area contributed by atoms with Crippen molar-refractivity contribution < 1.29 is 0 Å². The zero-order valence-corrected chi connectivity index (χ0v) is 19.9. The zero-order valence-electron chi connectivity index (χ0n) is 16.8. The number of pyridine rings is 1. The van der Waals surface area contributed by atoms with Gasteiger partial charge in [-0.25, -0.2) is 4.98 Å². The van der Waals surface area contributed by atoms with Gasteiger partial charge in [0.05, 0.1) is 11.7 Å². The van der Waals surface area contributed by atoms with Gasteiger partial charge in [0, 0.05) is 43.8 Å². The molecule has 3 aromatic rings. The average molecular weight is 524 g/mol. The lowest BCUT2D eigenvalue weighted by molar-refractivity contribution is 0.249. The molecule has 1 unspecified atom stereocenters. The third kappa shape index (κ3) is 5.70. The van der Waals surface area contributed by atoms with Gasteiger partial charge in [0.1, 0.15) is 5.65 Å². The molecule has 1 fully saturated rings. The Morgan fingerprint density at radius 2 is 2.07 bits per heavy atom. The molecule has 1 atom stereocenters. The summed E-state index contributed by atoms with van der Waals surface area (Å²) in [5, 5.41) is 9.12. The Bertz CT molecular complexity index is 868. The highest BCUT2D eigenvalue weighted by Crippen LogP contribution is 2.27. The van der Waals surface area contributed by atoms with Gasteiger partial charge in [0.2, 0.25) is 0 Å². The minimum absolute atomic E-state index is 0. The van der Waals surface area contributed by atoms with Gasteiger partial charge in [-0.3, -0.25) is 9.89 Å². The number of likely N-dealkylation sites (tertiary alicyclic amines) is 1. The second-order valence-corrected chi connectivity index (χ2v) is 8.08. The Morgan fingerprint density at radius 3 is 2.79 bits per heavy atom. The predicted molar refractivity (Wildman–Crippen MR) is 132 cm³/mol. The van der Waals surface area contributed by atoms with Gasteiger partial charge in [-0.05, 0) is 49.5 Å². The van der Waals surface area contributed by atoms with Crippen molar-refractivity contribution in [1.82, 2.24) is 24.9 Å². The molecule has 2 N–H and O–H groups in total. The summed E-state index contributed by atoms with van der Waals surface area (Å²) in [6.45, 7) is 4.04. The maximum Gasteiger partial charge on any atom is 0.191 e. The number of guanidine groups is 1. The number of fused-ring (bicyclic) bond motifs is 1. The number of nitrogens with zero attached hydrogens (tertiary/aromatic N) is 4. The van der Waals surface area contributed by atoms with E-state index in [2.05, 4.69) is 53.6 Å². The molecule has 0 saturated carbocycles. The fraction of sp³-hybridized carbons (Fsp3) is 0.429. The summed E-state index contributed by atoms with van der Waals surface area (Å²) in [6.07, 6.45) is 7.58. The Labute approximate surface area is 193 Å². The molecular weight excluding hydrogens is 495 g/mol. The molecule has 29 heavy (non-hydrogen) atoms. The highest BCUT2D eigenvalue weighted by atomic mass is 127. The first-order chi connectivity index (χ1) is 13.8. The summed E-state index contributed by atoms with van der Waals surface area (Å²) in [7, 11) is 1.83. The van der Waals surface area contributed by atoms with Crippen LogP contribution in [0.5, 0.6) is 0 Å². The lowest BCUT2D eigenvalue weighted by Crippen LogP contribution is -2.43. The third-order valence-corrected chi connectivity index (χ3v) is 6.20. The minimum atomic E-state index is 0. The molecule has 1 aliphatic heterocycles. The lowest BCUT2D eigenvalue weighted by atomic mass is 10.2. The molecular formula is C21H29IN6S. The number of nitrogens with one attached hydrogen (secondary N) is 2. The number of thiophene rings is 1. The van der Waals surface area contributed by atoms with Gasteiger partial charge in [-0.1, -0.05) is 12.1 Å². The fourth-order valence-corrected chi connectivity index (χ4v) is 4.64. The highest BCUT2D eigenvalue weighted by molar-refractivity contribution is 14.0. The minimum Gasteiger partial charge on any atom is -0.356 e. The van der Waals surface area contributed by atoms with E-state index in [1.165, 1.54) is 30.8 Å². The van der Waals surface area contributed by atoms with Crippen molar-refractivity contribution >= 4 is 46.9 Å². The largest absolute Gasteiger partial charge is 0.356 e. The quantitative estimate of drug-likeness (QED) is 0.282. The maximum atomic E-state index is 4.65. The number of hydrogen-bond donors (Lipinski definition) is 2. The molecule has 3 aromatic heterocycles. The molecule has 1 aliphatic rings. The molecule has 4 rings (SSSR count). The molecule has 0 aromatic carbocycles. The number of halogens is 1. The molecule has 8 heteroatoms. The van der Waals surface area contributed by atoms with Gasteiger partial charge < -0.3 is 15.0 Å². The molecule has 0 radical (unpaired) electrons. The second kappa shape index (κ2) is 10.9. The van der Waals surface area contributed by atoms with Crippen molar-refractivity contribution in [2.45, 2.75) is 25.3 Å². The topological polar surface area (TPSA) is 57.0 Å². The number of hydrogen-bond acceptors (Lipinski definition) is 4. The van der Waals surface area contributed by atoms with E-state index in [1.54, 1.807) is 0 Å². The van der Waals surface area contributed by atoms with E-state index in [0.29, 0.717) is 6.04 Å². The number of aliphatic imine (C=N–C) groups is 1. The molecule has 156 valence electrons. The van der Waals surface area contributed by atoms with E-state index in [1.807, 2.05) is 42.8 Å². The molecule has 4 heterocycles. The number of aromatic nitrogens is 2. The van der Waals surface area contributed by atoms with Crippen LogP contribution in [0.15, 0.2) is 53.1 Å². The lowest BCUT2D eigenvalue weighted by Gasteiger charge is -2.27. The van der Waals surface area contributed by atoms with E-state index in [-0.39, 0.29) is 24.0 Å². The molecule has 1 saturated heterocycles.